The van der Waals surface area contributed by atoms with Crippen molar-refractivity contribution in [2.24, 2.45) is 0 Å². The summed E-state index contributed by atoms with van der Waals surface area (Å²) >= 11 is 0. The molecule has 2 N–H and O–H groups in total. The van der Waals surface area contributed by atoms with Gasteiger partial charge in [0, 0.05) is 17.5 Å². The third kappa shape index (κ3) is 3.68. The highest BCUT2D eigenvalue weighted by Crippen LogP contribution is 2.44. The van der Waals surface area contributed by atoms with Gasteiger partial charge in [0.15, 0.2) is 0 Å². The van der Waals surface area contributed by atoms with Crippen LogP contribution in [0.3, 0.4) is 0 Å². The summed E-state index contributed by atoms with van der Waals surface area (Å²) in [6.07, 6.45) is 2.44. The van der Waals surface area contributed by atoms with Gasteiger partial charge < -0.3 is 14.8 Å². The molecule has 0 unspecified atom stereocenters. The van der Waals surface area contributed by atoms with Gasteiger partial charge in [-0.3, -0.25) is 9.63 Å². The molecular formula is C23H26N2O4. The Balaban J connectivity index is 1.58. The van der Waals surface area contributed by atoms with E-state index in [2.05, 4.69) is 22.9 Å². The van der Waals surface area contributed by atoms with E-state index in [-0.39, 0.29) is 17.4 Å². The van der Waals surface area contributed by atoms with E-state index in [0.29, 0.717) is 17.9 Å². The van der Waals surface area contributed by atoms with Crippen LogP contribution in [0.15, 0.2) is 66.1 Å². The third-order valence-corrected chi connectivity index (χ3v) is 5.95. The molecule has 1 saturated carbocycles. The van der Waals surface area contributed by atoms with Crippen molar-refractivity contribution in [1.29, 1.82) is 0 Å². The molecule has 1 aliphatic carbocycles. The second-order valence-electron chi connectivity index (χ2n) is 7.50. The van der Waals surface area contributed by atoms with Crippen LogP contribution in [0.2, 0.25) is 0 Å². The van der Waals surface area contributed by atoms with Gasteiger partial charge in [-0.25, -0.2) is 5.48 Å². The van der Waals surface area contributed by atoms with Crippen LogP contribution in [-0.2, 0) is 15.0 Å². The highest BCUT2D eigenvalue weighted by atomic mass is 16.7. The summed E-state index contributed by atoms with van der Waals surface area (Å²) in [5, 5.41) is 3.15. The van der Waals surface area contributed by atoms with Gasteiger partial charge in [-0.2, -0.15) is 0 Å². The molecule has 1 amide bonds. The Kier molecular flexibility index (Phi) is 5.45. The summed E-state index contributed by atoms with van der Waals surface area (Å²) in [4.78, 5) is 18.7. The van der Waals surface area contributed by atoms with Crippen LogP contribution in [0, 0.1) is 0 Å². The van der Waals surface area contributed by atoms with Crippen LogP contribution in [-0.4, -0.2) is 32.8 Å². The average molecular weight is 394 g/mol. The Morgan fingerprint density at radius 3 is 2.66 bits per heavy atom. The van der Waals surface area contributed by atoms with Gasteiger partial charge in [0.05, 0.1) is 19.8 Å². The van der Waals surface area contributed by atoms with Gasteiger partial charge in [-0.05, 0) is 37.0 Å². The molecule has 1 aliphatic heterocycles. The number of para-hydroxylation sites is 1. The number of nitrogens with one attached hydrogen (secondary N) is 2. The van der Waals surface area contributed by atoms with E-state index in [4.69, 9.17) is 14.3 Å². The van der Waals surface area contributed by atoms with Crippen molar-refractivity contribution in [2.75, 3.05) is 20.8 Å². The molecule has 4 rings (SSSR count). The van der Waals surface area contributed by atoms with Crippen LogP contribution in [0.25, 0.3) is 0 Å². The van der Waals surface area contributed by atoms with Crippen molar-refractivity contribution in [3.8, 4) is 5.75 Å². The first kappa shape index (κ1) is 19.3. The Morgan fingerprint density at radius 2 is 1.90 bits per heavy atom. The number of benzene rings is 2. The second kappa shape index (κ2) is 8.17. The lowest BCUT2D eigenvalue weighted by Crippen LogP contribution is -2.46. The number of hydroxylamine groups is 1. The quantitative estimate of drug-likeness (QED) is 0.787. The molecule has 2 aromatic carbocycles. The first-order valence-electron chi connectivity index (χ1n) is 9.82. The number of carbonyl (C=O) groups is 1. The lowest BCUT2D eigenvalue weighted by molar-refractivity contribution is -0.00386. The Labute approximate surface area is 170 Å². The molecule has 1 heterocycles. The van der Waals surface area contributed by atoms with E-state index in [1.165, 1.54) is 5.56 Å². The SMILES string of the molecule is COC1=C2CC[C@@](CNC(=O)c3ccccc3OC)(c3ccccc3)C[C@@H]2ON1. The average Bonchev–Trinajstić information content (AvgIpc) is 3.20. The topological polar surface area (TPSA) is 68.8 Å². The first-order valence-corrected chi connectivity index (χ1v) is 9.82. The number of hydrogen-bond donors (Lipinski definition) is 2. The van der Waals surface area contributed by atoms with Gasteiger partial charge in [-0.1, -0.05) is 42.5 Å². The molecule has 0 saturated heterocycles. The van der Waals surface area contributed by atoms with Gasteiger partial charge in [-0.15, -0.1) is 0 Å². The largest absolute Gasteiger partial charge is 0.496 e. The fourth-order valence-electron chi connectivity index (χ4n) is 4.34. The van der Waals surface area contributed by atoms with Crippen molar-refractivity contribution < 1.29 is 19.1 Å². The molecule has 6 nitrogen and oxygen atoms in total. The summed E-state index contributed by atoms with van der Waals surface area (Å²) in [7, 11) is 3.22. The predicted octanol–water partition coefficient (Wildman–Crippen LogP) is 3.31. The lowest BCUT2D eigenvalue weighted by Gasteiger charge is -2.40. The zero-order valence-corrected chi connectivity index (χ0v) is 16.7. The molecule has 0 spiro atoms. The number of methoxy groups -OCH3 is 2. The minimum atomic E-state index is -0.224. The second-order valence-corrected chi connectivity index (χ2v) is 7.50. The molecule has 152 valence electrons. The van der Waals surface area contributed by atoms with Gasteiger partial charge in [0.25, 0.3) is 5.91 Å². The number of amides is 1. The third-order valence-electron chi connectivity index (χ3n) is 5.95. The van der Waals surface area contributed by atoms with Crippen molar-refractivity contribution >= 4 is 5.91 Å². The maximum Gasteiger partial charge on any atom is 0.255 e. The van der Waals surface area contributed by atoms with Crippen LogP contribution in [0.1, 0.15) is 35.2 Å². The molecule has 2 atom stereocenters. The van der Waals surface area contributed by atoms with Crippen molar-refractivity contribution in [1.82, 2.24) is 10.8 Å². The number of fused-ring (bicyclic) bond motifs is 1. The van der Waals surface area contributed by atoms with Gasteiger partial charge >= 0.3 is 0 Å². The standard InChI is InChI=1S/C23H26N2O4/c1-27-19-11-7-6-10-17(19)21(26)24-15-23(16-8-4-3-5-9-16)13-12-18-20(14-23)29-25-22(18)28-2/h3-11,20,25H,12-15H2,1-2H3,(H,24,26)/t20-,23+/m0/s1. The molecule has 0 radical (unpaired) electrons. The van der Waals surface area contributed by atoms with Gasteiger partial charge in [0.2, 0.25) is 5.88 Å². The zero-order chi connectivity index (χ0) is 20.3. The van der Waals surface area contributed by atoms with Crippen LogP contribution >= 0.6 is 0 Å². The van der Waals surface area contributed by atoms with Gasteiger partial charge in [0.1, 0.15) is 11.9 Å². The van der Waals surface area contributed by atoms with E-state index in [1.807, 2.05) is 30.3 Å². The minimum Gasteiger partial charge on any atom is -0.496 e. The van der Waals surface area contributed by atoms with E-state index in [0.717, 1.165) is 30.7 Å². The molecule has 2 aromatic rings. The molecule has 6 heteroatoms. The summed E-state index contributed by atoms with van der Waals surface area (Å²) in [6.45, 7) is 0.517. The lowest BCUT2D eigenvalue weighted by atomic mass is 9.67. The van der Waals surface area contributed by atoms with Crippen molar-refractivity contribution in [2.45, 2.75) is 30.8 Å². The minimum absolute atomic E-state index is 0.0675. The zero-order valence-electron chi connectivity index (χ0n) is 16.7. The first-order chi connectivity index (χ1) is 14.2. The number of ether oxygens (including phenoxy) is 2. The Bertz CT molecular complexity index is 912. The molecule has 2 aliphatic rings. The van der Waals surface area contributed by atoms with E-state index in [1.54, 1.807) is 26.4 Å². The summed E-state index contributed by atoms with van der Waals surface area (Å²) in [5.41, 5.74) is 5.57. The maximum absolute atomic E-state index is 12.9. The van der Waals surface area contributed by atoms with E-state index < -0.39 is 0 Å². The van der Waals surface area contributed by atoms with Crippen LogP contribution < -0.4 is 15.5 Å². The number of rotatable bonds is 6. The summed E-state index contributed by atoms with van der Waals surface area (Å²) < 4.78 is 10.7. The smallest absolute Gasteiger partial charge is 0.255 e. The number of carbonyl (C=O) groups excluding carboxylic acids is 1. The Morgan fingerprint density at radius 1 is 1.14 bits per heavy atom. The monoisotopic (exact) mass is 394 g/mol. The predicted molar refractivity (Wildman–Crippen MR) is 109 cm³/mol. The normalized spacial score (nSPS) is 23.2. The summed E-state index contributed by atoms with van der Waals surface area (Å²) in [6, 6.07) is 17.6. The molecule has 29 heavy (non-hydrogen) atoms. The number of hydrogen-bond acceptors (Lipinski definition) is 5. The molecule has 0 bridgehead atoms. The van der Waals surface area contributed by atoms with Crippen molar-refractivity contribution in [3.63, 3.8) is 0 Å². The van der Waals surface area contributed by atoms with E-state index >= 15 is 0 Å². The molecule has 0 aromatic heterocycles. The van der Waals surface area contributed by atoms with Crippen LogP contribution in [0.4, 0.5) is 0 Å². The fourth-order valence-corrected chi connectivity index (χ4v) is 4.34. The summed E-state index contributed by atoms with van der Waals surface area (Å²) in [5.74, 6) is 1.15. The van der Waals surface area contributed by atoms with Crippen molar-refractivity contribution in [3.05, 3.63) is 77.2 Å². The molecule has 1 fully saturated rings. The molecular weight excluding hydrogens is 368 g/mol. The fraction of sp³-hybridized carbons (Fsp3) is 0.348. The maximum atomic E-state index is 12.9. The highest BCUT2D eigenvalue weighted by molar-refractivity contribution is 5.97. The highest BCUT2D eigenvalue weighted by Gasteiger charge is 2.44. The Hall–Kier alpha value is -2.99. The van der Waals surface area contributed by atoms with E-state index in [9.17, 15) is 4.79 Å². The van der Waals surface area contributed by atoms with Crippen LogP contribution in [0.5, 0.6) is 5.75 Å².